The first-order chi connectivity index (χ1) is 7.15. The summed E-state index contributed by atoms with van der Waals surface area (Å²) in [6.07, 6.45) is 0.318. The smallest absolute Gasteiger partial charge is 0.307 e. The van der Waals surface area contributed by atoms with E-state index in [2.05, 4.69) is 5.32 Å². The molecule has 4 heteroatoms. The van der Waals surface area contributed by atoms with Gasteiger partial charge in [-0.3, -0.25) is 9.69 Å². The minimum absolute atomic E-state index is 0.205. The van der Waals surface area contributed by atoms with E-state index in [1.165, 1.54) is 7.05 Å². The molecule has 0 aliphatic heterocycles. The van der Waals surface area contributed by atoms with E-state index in [1.54, 1.807) is 19.1 Å². The number of hydrogen-bond acceptors (Lipinski definition) is 2. The molecule has 0 aliphatic rings. The minimum atomic E-state index is -0.409. The number of benzene rings is 1. The van der Waals surface area contributed by atoms with Crippen LogP contribution in [0.4, 0.5) is 10.5 Å². The molecule has 1 rings (SSSR count). The molecule has 4 nitrogen and oxygen atoms in total. The summed E-state index contributed by atoms with van der Waals surface area (Å²) < 4.78 is 0. The van der Waals surface area contributed by atoms with E-state index in [4.69, 9.17) is 0 Å². The first-order valence-electron chi connectivity index (χ1n) is 4.77. The summed E-state index contributed by atoms with van der Waals surface area (Å²) in [5.74, 6) is -0.205. The highest BCUT2D eigenvalue weighted by atomic mass is 16.2. The van der Waals surface area contributed by atoms with Gasteiger partial charge < -0.3 is 5.32 Å². The second-order valence-corrected chi connectivity index (χ2v) is 3.10. The van der Waals surface area contributed by atoms with Crippen LogP contribution in [-0.4, -0.2) is 23.9 Å². The third-order valence-electron chi connectivity index (χ3n) is 2.01. The second-order valence-electron chi connectivity index (χ2n) is 3.10. The average Bonchev–Trinajstić information content (AvgIpc) is 2.28. The summed E-state index contributed by atoms with van der Waals surface area (Å²) in [6, 6.07) is 8.61. The van der Waals surface area contributed by atoms with Crippen molar-refractivity contribution < 1.29 is 9.59 Å². The summed E-state index contributed by atoms with van der Waals surface area (Å²) >= 11 is 0. The molecule has 0 spiro atoms. The van der Waals surface area contributed by atoms with Gasteiger partial charge in [-0.2, -0.15) is 0 Å². The zero-order chi connectivity index (χ0) is 11.3. The Morgan fingerprint density at radius 2 is 1.87 bits per heavy atom. The maximum Gasteiger partial charge on any atom is 0.328 e. The third-order valence-corrected chi connectivity index (χ3v) is 2.01. The molecule has 0 atom stereocenters. The van der Waals surface area contributed by atoms with Crippen molar-refractivity contribution in [3.63, 3.8) is 0 Å². The fraction of sp³-hybridized carbons (Fsp3) is 0.273. The molecular formula is C11H14N2O2. The maximum atomic E-state index is 11.5. The molecule has 0 radical (unpaired) electrons. The van der Waals surface area contributed by atoms with Gasteiger partial charge in [-0.25, -0.2) is 4.79 Å². The Labute approximate surface area is 88.9 Å². The van der Waals surface area contributed by atoms with Gasteiger partial charge in [0.05, 0.1) is 0 Å². The number of anilines is 1. The van der Waals surface area contributed by atoms with Crippen LogP contribution in [0.2, 0.25) is 0 Å². The van der Waals surface area contributed by atoms with Crippen molar-refractivity contribution in [1.82, 2.24) is 4.90 Å². The SMILES string of the molecule is CCC(=O)N(C)C(=O)Nc1ccccc1. The number of carbonyl (C=O) groups excluding carboxylic acids is 2. The van der Waals surface area contributed by atoms with Crippen molar-refractivity contribution in [3.8, 4) is 0 Å². The monoisotopic (exact) mass is 206 g/mol. The van der Waals surface area contributed by atoms with Crippen LogP contribution in [0.5, 0.6) is 0 Å². The Morgan fingerprint density at radius 3 is 2.40 bits per heavy atom. The molecule has 0 unspecified atom stereocenters. The summed E-state index contributed by atoms with van der Waals surface area (Å²) in [7, 11) is 1.46. The number of hydrogen-bond donors (Lipinski definition) is 1. The average molecular weight is 206 g/mol. The lowest BCUT2D eigenvalue weighted by Gasteiger charge is -2.15. The number of imide groups is 1. The van der Waals surface area contributed by atoms with Crippen molar-refractivity contribution in [2.45, 2.75) is 13.3 Å². The van der Waals surface area contributed by atoms with E-state index in [0.29, 0.717) is 12.1 Å². The molecule has 1 aromatic rings. The predicted molar refractivity (Wildman–Crippen MR) is 58.5 cm³/mol. The van der Waals surface area contributed by atoms with E-state index in [9.17, 15) is 9.59 Å². The Balaban J connectivity index is 2.60. The molecule has 1 aromatic carbocycles. The molecule has 0 heterocycles. The van der Waals surface area contributed by atoms with Crippen LogP contribution in [0.25, 0.3) is 0 Å². The van der Waals surface area contributed by atoms with E-state index >= 15 is 0 Å². The molecule has 0 aromatic heterocycles. The molecular weight excluding hydrogens is 192 g/mol. The zero-order valence-electron chi connectivity index (χ0n) is 8.86. The second kappa shape index (κ2) is 5.14. The van der Waals surface area contributed by atoms with Crippen LogP contribution in [-0.2, 0) is 4.79 Å². The quantitative estimate of drug-likeness (QED) is 0.805. The van der Waals surface area contributed by atoms with Gasteiger partial charge in [-0.1, -0.05) is 25.1 Å². The molecule has 0 saturated heterocycles. The standard InChI is InChI=1S/C11H14N2O2/c1-3-10(14)13(2)11(15)12-9-7-5-4-6-8-9/h4-8H,3H2,1-2H3,(H,12,15). The molecule has 0 aliphatic carbocycles. The van der Waals surface area contributed by atoms with Gasteiger partial charge in [0, 0.05) is 19.2 Å². The lowest BCUT2D eigenvalue weighted by atomic mass is 10.3. The van der Waals surface area contributed by atoms with Gasteiger partial charge in [-0.15, -0.1) is 0 Å². The number of nitrogens with one attached hydrogen (secondary N) is 1. The van der Waals surface area contributed by atoms with Gasteiger partial charge in [0.15, 0.2) is 0 Å². The fourth-order valence-electron chi connectivity index (χ4n) is 1.08. The summed E-state index contributed by atoms with van der Waals surface area (Å²) in [6.45, 7) is 1.72. The van der Waals surface area contributed by atoms with Crippen LogP contribution in [0, 0.1) is 0 Å². The summed E-state index contributed by atoms with van der Waals surface area (Å²) in [5.41, 5.74) is 0.679. The lowest BCUT2D eigenvalue weighted by molar-refractivity contribution is -0.126. The van der Waals surface area contributed by atoms with Crippen molar-refractivity contribution in [2.75, 3.05) is 12.4 Å². The van der Waals surface area contributed by atoms with Gasteiger partial charge in [-0.05, 0) is 12.1 Å². The first kappa shape index (κ1) is 11.2. The first-order valence-corrected chi connectivity index (χ1v) is 4.77. The van der Waals surface area contributed by atoms with E-state index in [0.717, 1.165) is 4.90 Å². The number of para-hydroxylation sites is 1. The highest BCUT2D eigenvalue weighted by molar-refractivity contribution is 6.00. The Morgan fingerprint density at radius 1 is 1.27 bits per heavy atom. The molecule has 0 saturated carbocycles. The number of amides is 3. The molecule has 0 bridgehead atoms. The van der Waals surface area contributed by atoms with Gasteiger partial charge in [0.2, 0.25) is 5.91 Å². The number of rotatable bonds is 2. The molecule has 0 fully saturated rings. The number of carbonyl (C=O) groups is 2. The van der Waals surface area contributed by atoms with Crippen LogP contribution < -0.4 is 5.32 Å². The number of urea groups is 1. The lowest BCUT2D eigenvalue weighted by Crippen LogP contribution is -2.36. The van der Waals surface area contributed by atoms with E-state index in [-0.39, 0.29) is 5.91 Å². The maximum absolute atomic E-state index is 11.5. The fourth-order valence-corrected chi connectivity index (χ4v) is 1.08. The van der Waals surface area contributed by atoms with Crippen LogP contribution in [0.1, 0.15) is 13.3 Å². The van der Waals surface area contributed by atoms with E-state index < -0.39 is 6.03 Å². The Kier molecular flexibility index (Phi) is 3.85. The third kappa shape index (κ3) is 3.09. The van der Waals surface area contributed by atoms with Crippen molar-refractivity contribution >= 4 is 17.6 Å². The largest absolute Gasteiger partial charge is 0.328 e. The minimum Gasteiger partial charge on any atom is -0.307 e. The van der Waals surface area contributed by atoms with Gasteiger partial charge in [0.25, 0.3) is 0 Å². The highest BCUT2D eigenvalue weighted by Gasteiger charge is 2.14. The van der Waals surface area contributed by atoms with Gasteiger partial charge in [0.1, 0.15) is 0 Å². The Hall–Kier alpha value is -1.84. The van der Waals surface area contributed by atoms with Gasteiger partial charge >= 0.3 is 6.03 Å². The van der Waals surface area contributed by atoms with Crippen molar-refractivity contribution in [3.05, 3.63) is 30.3 Å². The van der Waals surface area contributed by atoms with Crippen molar-refractivity contribution in [2.24, 2.45) is 0 Å². The van der Waals surface area contributed by atoms with Crippen molar-refractivity contribution in [1.29, 1.82) is 0 Å². The molecule has 15 heavy (non-hydrogen) atoms. The number of nitrogens with zero attached hydrogens (tertiary/aromatic N) is 1. The summed E-state index contributed by atoms with van der Waals surface area (Å²) in [5, 5.41) is 2.62. The van der Waals surface area contributed by atoms with Crippen LogP contribution >= 0.6 is 0 Å². The summed E-state index contributed by atoms with van der Waals surface area (Å²) in [4.78, 5) is 23.8. The Bertz CT molecular complexity index is 349. The molecule has 80 valence electrons. The molecule has 1 N–H and O–H groups in total. The zero-order valence-corrected chi connectivity index (χ0v) is 8.86. The predicted octanol–water partition coefficient (Wildman–Crippen LogP) is 2.09. The van der Waals surface area contributed by atoms with Crippen LogP contribution in [0.15, 0.2) is 30.3 Å². The normalized spacial score (nSPS) is 9.47. The van der Waals surface area contributed by atoms with Crippen LogP contribution in [0.3, 0.4) is 0 Å². The highest BCUT2D eigenvalue weighted by Crippen LogP contribution is 2.06. The topological polar surface area (TPSA) is 49.4 Å². The molecule has 3 amide bonds. The van der Waals surface area contributed by atoms with E-state index in [1.807, 2.05) is 18.2 Å².